The van der Waals surface area contributed by atoms with E-state index in [1.165, 1.54) is 12.2 Å². The van der Waals surface area contributed by atoms with Crippen LogP contribution in [0.2, 0.25) is 0 Å². The highest BCUT2D eigenvalue weighted by atomic mass is 16.5. The Morgan fingerprint density at radius 3 is 1.68 bits per heavy atom. The Morgan fingerprint density at radius 2 is 1.32 bits per heavy atom. The number of esters is 2. The molecule has 6 heteroatoms. The van der Waals surface area contributed by atoms with Crippen molar-refractivity contribution in [1.29, 1.82) is 0 Å². The quantitative estimate of drug-likeness (QED) is 0.551. The minimum Gasteiger partial charge on any atom is -0.463 e. The average molecular weight is 346 g/mol. The van der Waals surface area contributed by atoms with Crippen molar-refractivity contribution >= 4 is 23.3 Å². The van der Waals surface area contributed by atoms with Gasteiger partial charge in [-0.25, -0.2) is 9.59 Å². The molecule has 25 heavy (non-hydrogen) atoms. The molecule has 0 aliphatic carbocycles. The molecule has 1 aromatic rings. The predicted octanol–water partition coefficient (Wildman–Crippen LogP) is 3.75. The molecule has 6 nitrogen and oxygen atoms in total. The van der Waals surface area contributed by atoms with Gasteiger partial charge in [0.15, 0.2) is 0 Å². The third kappa shape index (κ3) is 7.12. The molecule has 0 fully saturated rings. The molecule has 0 aromatic heterocycles. The van der Waals surface area contributed by atoms with Gasteiger partial charge in [0.25, 0.3) is 0 Å². The summed E-state index contributed by atoms with van der Waals surface area (Å²) >= 11 is 0. The number of carbonyl (C=O) groups excluding carboxylic acids is 2. The standard InChI is InChI=1S/C19H26N2O4/c1-6-24-18(22)11-13(3)20-16-9-8-10-17(15(16)5)21-14(4)12-19(23)25-7-2/h8-12,20-21H,6-7H2,1-5H3. The average Bonchev–Trinajstić information content (AvgIpc) is 2.51. The number of allylic oxidation sites excluding steroid dienone is 2. The van der Waals surface area contributed by atoms with Crippen LogP contribution >= 0.6 is 0 Å². The van der Waals surface area contributed by atoms with E-state index in [2.05, 4.69) is 10.6 Å². The molecule has 1 aromatic carbocycles. The first-order valence-electron chi connectivity index (χ1n) is 8.21. The van der Waals surface area contributed by atoms with E-state index in [1.807, 2.05) is 25.1 Å². The first kappa shape index (κ1) is 20.3. The summed E-state index contributed by atoms with van der Waals surface area (Å²) in [6.07, 6.45) is 2.82. The molecule has 0 spiro atoms. The summed E-state index contributed by atoms with van der Waals surface area (Å²) in [6.45, 7) is 9.74. The number of hydrogen-bond acceptors (Lipinski definition) is 6. The monoisotopic (exact) mass is 346 g/mol. The molecule has 0 saturated carbocycles. The third-order valence-electron chi connectivity index (χ3n) is 3.24. The van der Waals surface area contributed by atoms with E-state index in [0.717, 1.165) is 16.9 Å². The molecule has 0 radical (unpaired) electrons. The lowest BCUT2D eigenvalue weighted by Gasteiger charge is -2.15. The molecule has 0 amide bonds. The van der Waals surface area contributed by atoms with Crippen molar-refractivity contribution in [3.05, 3.63) is 47.3 Å². The zero-order valence-corrected chi connectivity index (χ0v) is 15.4. The first-order chi connectivity index (χ1) is 11.9. The second-order valence-corrected chi connectivity index (χ2v) is 5.39. The van der Waals surface area contributed by atoms with E-state index in [-0.39, 0.29) is 11.9 Å². The van der Waals surface area contributed by atoms with Gasteiger partial charge in [-0.1, -0.05) is 6.07 Å². The van der Waals surface area contributed by atoms with Gasteiger partial charge >= 0.3 is 11.9 Å². The molecule has 0 aliphatic heterocycles. The van der Waals surface area contributed by atoms with Gasteiger partial charge in [0.2, 0.25) is 0 Å². The molecule has 0 atom stereocenters. The topological polar surface area (TPSA) is 76.7 Å². The molecular weight excluding hydrogens is 320 g/mol. The van der Waals surface area contributed by atoms with E-state index in [1.54, 1.807) is 27.7 Å². The van der Waals surface area contributed by atoms with Gasteiger partial charge in [-0.3, -0.25) is 0 Å². The smallest absolute Gasteiger partial charge is 0.332 e. The van der Waals surface area contributed by atoms with Gasteiger partial charge in [-0.2, -0.15) is 0 Å². The Labute approximate surface area is 148 Å². The lowest BCUT2D eigenvalue weighted by atomic mass is 10.1. The van der Waals surface area contributed by atoms with Crippen LogP contribution in [-0.2, 0) is 19.1 Å². The molecule has 0 unspecified atom stereocenters. The number of nitrogens with one attached hydrogen (secondary N) is 2. The Kier molecular flexibility index (Phi) is 8.26. The fourth-order valence-electron chi connectivity index (χ4n) is 2.12. The highest BCUT2D eigenvalue weighted by Gasteiger charge is 2.06. The fraction of sp³-hybridized carbons (Fsp3) is 0.368. The highest BCUT2D eigenvalue weighted by Crippen LogP contribution is 2.25. The Hall–Kier alpha value is -2.76. The summed E-state index contributed by atoms with van der Waals surface area (Å²) in [4.78, 5) is 23.0. The van der Waals surface area contributed by atoms with E-state index in [0.29, 0.717) is 24.6 Å². The number of hydrogen-bond donors (Lipinski definition) is 2. The van der Waals surface area contributed by atoms with Crippen molar-refractivity contribution in [2.45, 2.75) is 34.6 Å². The van der Waals surface area contributed by atoms with Crippen molar-refractivity contribution in [1.82, 2.24) is 0 Å². The fourth-order valence-corrected chi connectivity index (χ4v) is 2.12. The maximum atomic E-state index is 11.5. The Morgan fingerprint density at radius 1 is 0.920 bits per heavy atom. The normalized spacial score (nSPS) is 11.7. The highest BCUT2D eigenvalue weighted by molar-refractivity contribution is 5.84. The predicted molar refractivity (Wildman–Crippen MR) is 99.2 cm³/mol. The molecule has 0 bridgehead atoms. The van der Waals surface area contributed by atoms with Crippen molar-refractivity contribution in [2.75, 3.05) is 23.8 Å². The molecule has 1 rings (SSSR count). The number of anilines is 2. The maximum absolute atomic E-state index is 11.5. The summed E-state index contributed by atoms with van der Waals surface area (Å²) in [6, 6.07) is 5.70. The van der Waals surface area contributed by atoms with Crippen molar-refractivity contribution < 1.29 is 19.1 Å². The SMILES string of the molecule is CCOC(=O)C=C(C)Nc1cccc(NC(C)=CC(=O)OCC)c1C. The van der Waals surface area contributed by atoms with E-state index in [4.69, 9.17) is 9.47 Å². The van der Waals surface area contributed by atoms with Crippen LogP contribution in [-0.4, -0.2) is 25.2 Å². The molecule has 0 aliphatic rings. The zero-order valence-electron chi connectivity index (χ0n) is 15.4. The third-order valence-corrected chi connectivity index (χ3v) is 3.24. The number of carbonyl (C=O) groups is 2. The molecule has 0 heterocycles. The van der Waals surface area contributed by atoms with Crippen LogP contribution < -0.4 is 10.6 Å². The maximum Gasteiger partial charge on any atom is 0.332 e. The summed E-state index contributed by atoms with van der Waals surface area (Å²) in [5.41, 5.74) is 4.02. The van der Waals surface area contributed by atoms with Gasteiger partial charge in [-0.15, -0.1) is 0 Å². The van der Waals surface area contributed by atoms with Crippen molar-refractivity contribution in [3.8, 4) is 0 Å². The van der Waals surface area contributed by atoms with Gasteiger partial charge in [0.1, 0.15) is 0 Å². The number of ether oxygens (including phenoxy) is 2. The van der Waals surface area contributed by atoms with Gasteiger partial charge in [0.05, 0.1) is 13.2 Å². The summed E-state index contributed by atoms with van der Waals surface area (Å²) in [5.74, 6) is -0.764. The minimum absolute atomic E-state index is 0.340. The summed E-state index contributed by atoms with van der Waals surface area (Å²) < 4.78 is 9.79. The van der Waals surface area contributed by atoms with E-state index >= 15 is 0 Å². The molecule has 136 valence electrons. The minimum atomic E-state index is -0.382. The van der Waals surface area contributed by atoms with Crippen LogP contribution in [0.5, 0.6) is 0 Å². The van der Waals surface area contributed by atoms with E-state index < -0.39 is 0 Å². The molecular formula is C19H26N2O4. The summed E-state index contributed by atoms with van der Waals surface area (Å²) in [5, 5.41) is 6.37. The van der Waals surface area contributed by atoms with Crippen LogP contribution in [0.15, 0.2) is 41.7 Å². The van der Waals surface area contributed by atoms with Crippen LogP contribution in [0.25, 0.3) is 0 Å². The zero-order chi connectivity index (χ0) is 18.8. The molecule has 0 saturated heterocycles. The largest absolute Gasteiger partial charge is 0.463 e. The Bertz CT molecular complexity index is 624. The summed E-state index contributed by atoms with van der Waals surface area (Å²) in [7, 11) is 0. The van der Waals surface area contributed by atoms with Crippen LogP contribution in [0.1, 0.15) is 33.3 Å². The second kappa shape index (κ2) is 10.2. The van der Waals surface area contributed by atoms with Crippen molar-refractivity contribution in [3.63, 3.8) is 0 Å². The molecule has 2 N–H and O–H groups in total. The van der Waals surface area contributed by atoms with Gasteiger partial charge < -0.3 is 20.1 Å². The van der Waals surface area contributed by atoms with Gasteiger partial charge in [0, 0.05) is 34.9 Å². The number of rotatable bonds is 8. The van der Waals surface area contributed by atoms with Crippen LogP contribution in [0, 0.1) is 6.92 Å². The number of benzene rings is 1. The second-order valence-electron chi connectivity index (χ2n) is 5.39. The van der Waals surface area contributed by atoms with Crippen molar-refractivity contribution in [2.24, 2.45) is 0 Å². The lowest BCUT2D eigenvalue weighted by molar-refractivity contribution is -0.138. The van der Waals surface area contributed by atoms with Gasteiger partial charge in [-0.05, 0) is 52.3 Å². The lowest BCUT2D eigenvalue weighted by Crippen LogP contribution is -2.07. The Balaban J connectivity index is 2.88. The first-order valence-corrected chi connectivity index (χ1v) is 8.21. The van der Waals surface area contributed by atoms with E-state index in [9.17, 15) is 9.59 Å². The van der Waals surface area contributed by atoms with Crippen LogP contribution in [0.4, 0.5) is 11.4 Å². The van der Waals surface area contributed by atoms with Crippen LogP contribution in [0.3, 0.4) is 0 Å².